The molecule has 0 heterocycles. The first-order chi connectivity index (χ1) is 15.7. The SMILES string of the molecule is CCCCc1ccc(-c2cccc3cc(-c4c(CO)ccc(OC)c4OC)ccc23)cc1. The van der Waals surface area contributed by atoms with Gasteiger partial charge in [-0.15, -0.1) is 0 Å². The van der Waals surface area contributed by atoms with Crippen molar-refractivity contribution in [3.8, 4) is 33.8 Å². The summed E-state index contributed by atoms with van der Waals surface area (Å²) in [5.74, 6) is 1.29. The highest BCUT2D eigenvalue weighted by molar-refractivity contribution is 5.99. The zero-order valence-electron chi connectivity index (χ0n) is 19.0. The molecule has 0 saturated heterocycles. The monoisotopic (exact) mass is 426 g/mol. The van der Waals surface area contributed by atoms with Crippen LogP contribution in [0, 0.1) is 0 Å². The number of methoxy groups -OCH3 is 2. The minimum atomic E-state index is -0.0713. The largest absolute Gasteiger partial charge is 0.493 e. The molecule has 1 N–H and O–H groups in total. The van der Waals surface area contributed by atoms with Gasteiger partial charge in [0.1, 0.15) is 0 Å². The van der Waals surface area contributed by atoms with E-state index in [4.69, 9.17) is 9.47 Å². The number of rotatable bonds is 8. The van der Waals surface area contributed by atoms with E-state index in [1.165, 1.54) is 34.9 Å². The van der Waals surface area contributed by atoms with Crippen molar-refractivity contribution < 1.29 is 14.6 Å². The number of aliphatic hydroxyl groups is 1. The van der Waals surface area contributed by atoms with E-state index in [1.54, 1.807) is 14.2 Å². The van der Waals surface area contributed by atoms with Crippen LogP contribution in [-0.2, 0) is 13.0 Å². The third kappa shape index (κ3) is 4.21. The Labute approximate surface area is 190 Å². The number of hydrogen-bond acceptors (Lipinski definition) is 3. The number of ether oxygens (including phenoxy) is 2. The summed E-state index contributed by atoms with van der Waals surface area (Å²) in [7, 11) is 3.26. The van der Waals surface area contributed by atoms with Crippen molar-refractivity contribution in [3.63, 3.8) is 0 Å². The molecule has 0 spiro atoms. The van der Waals surface area contributed by atoms with Gasteiger partial charge in [0.25, 0.3) is 0 Å². The Hall–Kier alpha value is -3.30. The van der Waals surface area contributed by atoms with Gasteiger partial charge >= 0.3 is 0 Å². The maximum Gasteiger partial charge on any atom is 0.168 e. The predicted octanol–water partition coefficient (Wildman–Crippen LogP) is 7.03. The molecule has 0 bridgehead atoms. The highest BCUT2D eigenvalue weighted by atomic mass is 16.5. The zero-order valence-corrected chi connectivity index (χ0v) is 19.0. The van der Waals surface area contributed by atoms with Crippen LogP contribution in [0.3, 0.4) is 0 Å². The average molecular weight is 427 g/mol. The summed E-state index contributed by atoms with van der Waals surface area (Å²) >= 11 is 0. The van der Waals surface area contributed by atoms with E-state index in [0.29, 0.717) is 11.5 Å². The molecule has 0 aromatic heterocycles. The Morgan fingerprint density at radius 2 is 1.59 bits per heavy atom. The molecule has 3 heteroatoms. The van der Waals surface area contributed by atoms with Gasteiger partial charge in [-0.2, -0.15) is 0 Å². The highest BCUT2D eigenvalue weighted by Crippen LogP contribution is 2.42. The van der Waals surface area contributed by atoms with Gasteiger partial charge in [0.15, 0.2) is 11.5 Å². The van der Waals surface area contributed by atoms with E-state index < -0.39 is 0 Å². The lowest BCUT2D eigenvalue weighted by Gasteiger charge is -2.17. The highest BCUT2D eigenvalue weighted by Gasteiger charge is 2.17. The van der Waals surface area contributed by atoms with Crippen LogP contribution in [0.15, 0.2) is 72.8 Å². The number of unbranched alkanes of at least 4 members (excludes halogenated alkanes) is 1. The van der Waals surface area contributed by atoms with Gasteiger partial charge in [0.2, 0.25) is 0 Å². The molecule has 4 rings (SSSR count). The van der Waals surface area contributed by atoms with Crippen LogP contribution >= 0.6 is 0 Å². The second kappa shape index (κ2) is 9.88. The molecule has 164 valence electrons. The zero-order chi connectivity index (χ0) is 22.5. The van der Waals surface area contributed by atoms with Gasteiger partial charge in [0.05, 0.1) is 20.8 Å². The molecule has 0 fully saturated rings. The summed E-state index contributed by atoms with van der Waals surface area (Å²) < 4.78 is 11.2. The molecule has 0 aliphatic carbocycles. The number of benzene rings is 4. The number of aliphatic hydroxyl groups excluding tert-OH is 1. The van der Waals surface area contributed by atoms with Crippen molar-refractivity contribution in [2.75, 3.05) is 14.2 Å². The van der Waals surface area contributed by atoms with Crippen molar-refractivity contribution >= 4 is 10.8 Å². The van der Waals surface area contributed by atoms with Gasteiger partial charge in [0, 0.05) is 5.56 Å². The first-order valence-corrected chi connectivity index (χ1v) is 11.2. The molecular formula is C29H30O3. The molecule has 0 atom stereocenters. The molecule has 3 nitrogen and oxygen atoms in total. The van der Waals surface area contributed by atoms with Crippen molar-refractivity contribution in [1.29, 1.82) is 0 Å². The lowest BCUT2D eigenvalue weighted by atomic mass is 9.92. The molecule has 0 aliphatic heterocycles. The van der Waals surface area contributed by atoms with Crippen LogP contribution < -0.4 is 9.47 Å². The standard InChI is InChI=1S/C29H30O3/c1-4-5-7-20-10-12-21(13-11-20)25-9-6-8-22-18-23(14-16-26(22)25)28-24(19-30)15-17-27(31-2)29(28)32-3/h6,8-18,30H,4-5,7,19H2,1-3H3. The van der Waals surface area contributed by atoms with E-state index in [-0.39, 0.29) is 6.61 Å². The second-order valence-corrected chi connectivity index (χ2v) is 8.04. The Morgan fingerprint density at radius 1 is 0.812 bits per heavy atom. The molecule has 4 aromatic rings. The van der Waals surface area contributed by atoms with Gasteiger partial charge in [-0.25, -0.2) is 0 Å². The second-order valence-electron chi connectivity index (χ2n) is 8.04. The Kier molecular flexibility index (Phi) is 6.77. The van der Waals surface area contributed by atoms with Gasteiger partial charge in [-0.3, -0.25) is 0 Å². The normalized spacial score (nSPS) is 11.0. The number of fused-ring (bicyclic) bond motifs is 1. The smallest absolute Gasteiger partial charge is 0.168 e. The van der Waals surface area contributed by atoms with Crippen molar-refractivity contribution in [2.24, 2.45) is 0 Å². The summed E-state index contributed by atoms with van der Waals surface area (Å²) in [4.78, 5) is 0. The van der Waals surface area contributed by atoms with Crippen LogP contribution in [-0.4, -0.2) is 19.3 Å². The summed E-state index contributed by atoms with van der Waals surface area (Å²) in [6.07, 6.45) is 3.56. The molecule has 0 amide bonds. The van der Waals surface area contributed by atoms with Gasteiger partial charge < -0.3 is 14.6 Å². The van der Waals surface area contributed by atoms with Gasteiger partial charge in [-0.05, 0) is 63.6 Å². The topological polar surface area (TPSA) is 38.7 Å². The Morgan fingerprint density at radius 3 is 2.28 bits per heavy atom. The van der Waals surface area contributed by atoms with Crippen LogP contribution in [0.5, 0.6) is 11.5 Å². The summed E-state index contributed by atoms with van der Waals surface area (Å²) in [6.45, 7) is 2.15. The molecule has 0 radical (unpaired) electrons. The van der Waals surface area contributed by atoms with Crippen LogP contribution in [0.25, 0.3) is 33.0 Å². The first kappa shape index (κ1) is 21.9. The molecule has 0 saturated carbocycles. The minimum Gasteiger partial charge on any atom is -0.493 e. The first-order valence-electron chi connectivity index (χ1n) is 11.2. The quantitative estimate of drug-likeness (QED) is 0.329. The maximum absolute atomic E-state index is 9.95. The predicted molar refractivity (Wildman–Crippen MR) is 132 cm³/mol. The lowest BCUT2D eigenvalue weighted by molar-refractivity contribution is 0.281. The maximum atomic E-state index is 9.95. The third-order valence-electron chi connectivity index (χ3n) is 6.06. The van der Waals surface area contributed by atoms with E-state index >= 15 is 0 Å². The molecule has 0 unspecified atom stereocenters. The minimum absolute atomic E-state index is 0.0713. The van der Waals surface area contributed by atoms with E-state index in [9.17, 15) is 5.11 Å². The molecular weight excluding hydrogens is 396 g/mol. The summed E-state index contributed by atoms with van der Waals surface area (Å²) in [5.41, 5.74) is 6.49. The van der Waals surface area contributed by atoms with E-state index in [1.807, 2.05) is 12.1 Å². The van der Waals surface area contributed by atoms with Crippen molar-refractivity contribution in [3.05, 3.63) is 83.9 Å². The molecule has 0 aliphatic rings. The Bertz CT molecular complexity index is 1210. The van der Waals surface area contributed by atoms with Gasteiger partial charge in [-0.1, -0.05) is 74.0 Å². The van der Waals surface area contributed by atoms with Crippen LogP contribution in [0.4, 0.5) is 0 Å². The molecule has 32 heavy (non-hydrogen) atoms. The fourth-order valence-electron chi connectivity index (χ4n) is 4.34. The van der Waals surface area contributed by atoms with Crippen molar-refractivity contribution in [2.45, 2.75) is 32.8 Å². The van der Waals surface area contributed by atoms with Crippen LogP contribution in [0.2, 0.25) is 0 Å². The van der Waals surface area contributed by atoms with Crippen LogP contribution in [0.1, 0.15) is 30.9 Å². The Balaban J connectivity index is 1.80. The third-order valence-corrected chi connectivity index (χ3v) is 6.06. The average Bonchev–Trinajstić information content (AvgIpc) is 2.86. The van der Waals surface area contributed by atoms with E-state index in [0.717, 1.165) is 28.5 Å². The number of aryl methyl sites for hydroxylation is 1. The summed E-state index contributed by atoms with van der Waals surface area (Å²) in [5, 5.41) is 12.3. The fourth-order valence-corrected chi connectivity index (χ4v) is 4.34. The molecule has 4 aromatic carbocycles. The fraction of sp³-hybridized carbons (Fsp3) is 0.241. The summed E-state index contributed by atoms with van der Waals surface area (Å²) in [6, 6.07) is 25.5. The van der Waals surface area contributed by atoms with Crippen molar-refractivity contribution in [1.82, 2.24) is 0 Å². The lowest BCUT2D eigenvalue weighted by Crippen LogP contribution is -1.98. The van der Waals surface area contributed by atoms with E-state index in [2.05, 4.69) is 67.6 Å². The number of hydrogen-bond donors (Lipinski definition) is 1.